The number of nitrogens with one attached hydrogen (secondary N) is 1. The number of halogens is 3. The van der Waals surface area contributed by atoms with Crippen molar-refractivity contribution in [1.82, 2.24) is 0 Å². The Bertz CT molecular complexity index is 714. The number of amides is 1. The van der Waals surface area contributed by atoms with Crippen LogP contribution in [0, 0.1) is 17.5 Å². The van der Waals surface area contributed by atoms with Crippen molar-refractivity contribution in [2.75, 3.05) is 5.32 Å². The molecular weight excluding hydrogens is 301 g/mol. The number of carbonyl (C=O) groups is 1. The van der Waals surface area contributed by atoms with Crippen molar-refractivity contribution in [3.8, 4) is 0 Å². The van der Waals surface area contributed by atoms with E-state index < -0.39 is 23.4 Å². The molecule has 0 aliphatic heterocycles. The predicted octanol–water partition coefficient (Wildman–Crippen LogP) is 2.99. The van der Waals surface area contributed by atoms with Gasteiger partial charge in [-0.05, 0) is 30.3 Å². The topological polar surface area (TPSA) is 55.1 Å². The number of hydrogen-bond acceptors (Lipinski definition) is 2. The van der Waals surface area contributed by atoms with Gasteiger partial charge in [-0.2, -0.15) is 0 Å². The van der Waals surface area contributed by atoms with Gasteiger partial charge in [-0.25, -0.2) is 13.2 Å². The first-order valence-electron chi connectivity index (χ1n) is 5.73. The van der Waals surface area contributed by atoms with E-state index in [0.717, 1.165) is 18.2 Å². The van der Waals surface area contributed by atoms with Crippen molar-refractivity contribution < 1.29 is 18.0 Å². The lowest BCUT2D eigenvalue weighted by atomic mass is 10.1. The Kier molecular flexibility index (Phi) is 4.23. The molecule has 0 bridgehead atoms. The van der Waals surface area contributed by atoms with Gasteiger partial charge in [0.1, 0.15) is 22.4 Å². The summed E-state index contributed by atoms with van der Waals surface area (Å²) in [5.74, 6) is -3.11. The lowest BCUT2D eigenvalue weighted by Gasteiger charge is -2.08. The molecule has 0 saturated carbocycles. The summed E-state index contributed by atoms with van der Waals surface area (Å²) >= 11 is 4.68. The Hall–Kier alpha value is -2.41. The fourth-order valence-electron chi connectivity index (χ4n) is 1.68. The molecule has 2 rings (SSSR count). The first kappa shape index (κ1) is 15.0. The van der Waals surface area contributed by atoms with Crippen molar-refractivity contribution in [3.05, 3.63) is 65.0 Å². The quantitative estimate of drug-likeness (QED) is 0.857. The minimum Gasteiger partial charge on any atom is -0.389 e. The molecule has 0 fully saturated rings. The Balaban J connectivity index is 2.27. The normalized spacial score (nSPS) is 10.2. The van der Waals surface area contributed by atoms with Crippen LogP contribution in [0.5, 0.6) is 0 Å². The van der Waals surface area contributed by atoms with Crippen LogP contribution in [0.1, 0.15) is 15.9 Å². The summed E-state index contributed by atoms with van der Waals surface area (Å²) in [5.41, 5.74) is 5.31. The highest BCUT2D eigenvalue weighted by molar-refractivity contribution is 7.80. The summed E-state index contributed by atoms with van der Waals surface area (Å²) in [5, 5.41) is 2.38. The van der Waals surface area contributed by atoms with Gasteiger partial charge in [-0.15, -0.1) is 0 Å². The molecule has 0 aromatic heterocycles. The molecule has 3 N–H and O–H groups in total. The number of anilines is 1. The Morgan fingerprint density at radius 2 is 1.67 bits per heavy atom. The molecule has 2 aromatic carbocycles. The number of carbonyl (C=O) groups excluding carboxylic acids is 1. The third-order valence-electron chi connectivity index (χ3n) is 2.61. The van der Waals surface area contributed by atoms with E-state index in [9.17, 15) is 18.0 Å². The van der Waals surface area contributed by atoms with Crippen molar-refractivity contribution in [2.24, 2.45) is 5.73 Å². The predicted molar refractivity (Wildman–Crippen MR) is 76.6 cm³/mol. The largest absolute Gasteiger partial charge is 0.389 e. The molecule has 1 amide bonds. The van der Waals surface area contributed by atoms with Crippen LogP contribution in [0.25, 0.3) is 0 Å². The molecule has 21 heavy (non-hydrogen) atoms. The maximum atomic E-state index is 13.4. The average Bonchev–Trinajstić information content (AvgIpc) is 2.39. The molecule has 0 aliphatic carbocycles. The zero-order valence-corrected chi connectivity index (χ0v) is 11.3. The standard InChI is InChI=1S/C14H9F3N2OS/c15-8-3-7(4-9(16)5-8)14(20)19-10-1-2-12(17)11(6-10)13(18)21/h1-6H,(H2,18,21)(H,19,20). The van der Waals surface area contributed by atoms with E-state index in [4.69, 9.17) is 5.73 Å². The summed E-state index contributed by atoms with van der Waals surface area (Å²) in [6.45, 7) is 0. The molecular formula is C14H9F3N2OS. The van der Waals surface area contributed by atoms with Crippen LogP contribution in [0.4, 0.5) is 18.9 Å². The van der Waals surface area contributed by atoms with Crippen LogP contribution in [0.3, 0.4) is 0 Å². The molecule has 0 unspecified atom stereocenters. The van der Waals surface area contributed by atoms with E-state index in [2.05, 4.69) is 17.5 Å². The average molecular weight is 310 g/mol. The van der Waals surface area contributed by atoms with E-state index in [1.54, 1.807) is 0 Å². The zero-order valence-electron chi connectivity index (χ0n) is 10.5. The highest BCUT2D eigenvalue weighted by atomic mass is 32.1. The van der Waals surface area contributed by atoms with Crippen LogP contribution >= 0.6 is 12.2 Å². The summed E-state index contributed by atoms with van der Waals surface area (Å²) in [6, 6.07) is 6.03. The molecule has 0 heterocycles. The summed E-state index contributed by atoms with van der Waals surface area (Å²) in [4.78, 5) is 11.7. The SMILES string of the molecule is NC(=S)c1cc(NC(=O)c2cc(F)cc(F)c2)ccc1F. The van der Waals surface area contributed by atoms with Crippen LogP contribution < -0.4 is 11.1 Å². The van der Waals surface area contributed by atoms with Gasteiger partial charge in [0.05, 0.1) is 0 Å². The van der Waals surface area contributed by atoms with Gasteiger partial charge in [0.2, 0.25) is 0 Å². The monoisotopic (exact) mass is 310 g/mol. The van der Waals surface area contributed by atoms with Crippen LogP contribution in [-0.2, 0) is 0 Å². The third-order valence-corrected chi connectivity index (χ3v) is 2.83. The second kappa shape index (κ2) is 5.92. The van der Waals surface area contributed by atoms with Crippen molar-refractivity contribution in [2.45, 2.75) is 0 Å². The summed E-state index contributed by atoms with van der Waals surface area (Å²) in [7, 11) is 0. The van der Waals surface area contributed by atoms with Crippen molar-refractivity contribution >= 4 is 28.8 Å². The number of rotatable bonds is 3. The molecule has 0 radical (unpaired) electrons. The number of benzene rings is 2. The third kappa shape index (κ3) is 3.57. The maximum Gasteiger partial charge on any atom is 0.255 e. The van der Waals surface area contributed by atoms with Gasteiger partial charge < -0.3 is 11.1 Å². The highest BCUT2D eigenvalue weighted by Gasteiger charge is 2.12. The molecule has 0 spiro atoms. The van der Waals surface area contributed by atoms with E-state index in [1.165, 1.54) is 12.1 Å². The molecule has 108 valence electrons. The molecule has 0 aliphatic rings. The fourth-order valence-corrected chi connectivity index (χ4v) is 1.84. The second-order valence-electron chi connectivity index (χ2n) is 4.17. The first-order chi connectivity index (χ1) is 9.86. The van der Waals surface area contributed by atoms with Crippen molar-refractivity contribution in [1.29, 1.82) is 0 Å². The van der Waals surface area contributed by atoms with E-state index in [1.807, 2.05) is 0 Å². The second-order valence-corrected chi connectivity index (χ2v) is 4.61. The van der Waals surface area contributed by atoms with Gasteiger partial charge in [0, 0.05) is 22.9 Å². The van der Waals surface area contributed by atoms with E-state index in [-0.39, 0.29) is 21.8 Å². The molecule has 0 atom stereocenters. The Morgan fingerprint density at radius 1 is 1.05 bits per heavy atom. The van der Waals surface area contributed by atoms with E-state index in [0.29, 0.717) is 6.07 Å². The number of thiocarbonyl (C=S) groups is 1. The first-order valence-corrected chi connectivity index (χ1v) is 6.14. The lowest BCUT2D eigenvalue weighted by Crippen LogP contribution is -2.15. The minimum absolute atomic E-state index is 0.0341. The van der Waals surface area contributed by atoms with Gasteiger partial charge in [0.15, 0.2) is 0 Å². The Morgan fingerprint density at radius 3 is 2.24 bits per heavy atom. The van der Waals surface area contributed by atoms with Gasteiger partial charge in [-0.3, -0.25) is 4.79 Å². The highest BCUT2D eigenvalue weighted by Crippen LogP contribution is 2.16. The van der Waals surface area contributed by atoms with Crippen LogP contribution in [-0.4, -0.2) is 10.9 Å². The molecule has 7 heteroatoms. The summed E-state index contributed by atoms with van der Waals surface area (Å²) < 4.78 is 39.5. The van der Waals surface area contributed by atoms with Gasteiger partial charge in [0.25, 0.3) is 5.91 Å². The molecule has 0 saturated heterocycles. The van der Waals surface area contributed by atoms with Gasteiger partial charge in [-0.1, -0.05) is 12.2 Å². The van der Waals surface area contributed by atoms with Crippen molar-refractivity contribution in [3.63, 3.8) is 0 Å². The van der Waals surface area contributed by atoms with Crippen LogP contribution in [0.15, 0.2) is 36.4 Å². The smallest absolute Gasteiger partial charge is 0.255 e. The van der Waals surface area contributed by atoms with E-state index >= 15 is 0 Å². The number of nitrogens with two attached hydrogens (primary N) is 1. The maximum absolute atomic E-state index is 13.4. The zero-order chi connectivity index (χ0) is 15.6. The number of hydrogen-bond donors (Lipinski definition) is 2. The lowest BCUT2D eigenvalue weighted by molar-refractivity contribution is 0.102. The minimum atomic E-state index is -0.872. The fraction of sp³-hybridized carbons (Fsp3) is 0. The summed E-state index contributed by atoms with van der Waals surface area (Å²) in [6.07, 6.45) is 0. The van der Waals surface area contributed by atoms with Crippen LogP contribution in [0.2, 0.25) is 0 Å². The molecule has 2 aromatic rings. The molecule has 3 nitrogen and oxygen atoms in total. The van der Waals surface area contributed by atoms with Gasteiger partial charge >= 0.3 is 0 Å². The Labute approximate surface area is 123 Å².